The van der Waals surface area contributed by atoms with E-state index in [1.807, 2.05) is 38.2 Å². The third-order valence-corrected chi connectivity index (χ3v) is 5.09. The molecule has 1 aromatic heterocycles. The number of benzene rings is 1. The van der Waals surface area contributed by atoms with Crippen LogP contribution in [-0.2, 0) is 4.79 Å². The Morgan fingerprint density at radius 3 is 2.39 bits per heavy atom. The van der Waals surface area contributed by atoms with E-state index in [9.17, 15) is 18.4 Å². The molecule has 0 radical (unpaired) electrons. The lowest BCUT2D eigenvalue weighted by atomic mass is 9.94. The van der Waals surface area contributed by atoms with Crippen LogP contribution in [0.5, 0.6) is 0 Å². The molecule has 1 aliphatic heterocycles. The van der Waals surface area contributed by atoms with Crippen LogP contribution in [0.1, 0.15) is 38.8 Å². The molecule has 190 valence electrons. The van der Waals surface area contributed by atoms with Gasteiger partial charge in [0.05, 0.1) is 29.2 Å². The average Bonchev–Trinajstić information content (AvgIpc) is 3.31. The van der Waals surface area contributed by atoms with Crippen molar-refractivity contribution in [3.8, 4) is 0 Å². The smallest absolute Gasteiger partial charge is 0.319 e. The van der Waals surface area contributed by atoms with E-state index in [4.69, 9.17) is 0 Å². The Morgan fingerprint density at radius 1 is 1.14 bits per heavy atom. The number of aromatic amines is 1. The van der Waals surface area contributed by atoms with E-state index in [1.54, 1.807) is 25.3 Å². The Labute approximate surface area is 209 Å². The Morgan fingerprint density at radius 2 is 1.78 bits per heavy atom. The molecule has 3 amide bonds. The molecule has 0 saturated heterocycles. The topological polar surface area (TPSA) is 98.9 Å². The van der Waals surface area contributed by atoms with Crippen molar-refractivity contribution in [2.24, 2.45) is 0 Å². The highest BCUT2D eigenvalue weighted by Gasteiger charge is 2.32. The first-order valence-electron chi connectivity index (χ1n) is 11.5. The summed E-state index contributed by atoms with van der Waals surface area (Å²) in [7, 11) is 0. The first-order valence-corrected chi connectivity index (χ1v) is 11.5. The van der Waals surface area contributed by atoms with Crippen molar-refractivity contribution >= 4 is 24.1 Å². The SMILES string of the molecule is C=C/C=C\C=C.CC.CC1=C(C(=O)NC2C=c3cn[nH]c3=CC2)C(c2cc(F)cc(F)c2)NC(=O)N1. The maximum Gasteiger partial charge on any atom is 0.319 e. The van der Waals surface area contributed by atoms with E-state index < -0.39 is 29.6 Å². The molecule has 2 atom stereocenters. The maximum absolute atomic E-state index is 13.7. The quantitative estimate of drug-likeness (QED) is 0.479. The highest BCUT2D eigenvalue weighted by molar-refractivity contribution is 5.99. The van der Waals surface area contributed by atoms with Crippen molar-refractivity contribution in [1.82, 2.24) is 26.1 Å². The van der Waals surface area contributed by atoms with Gasteiger partial charge in [-0.05, 0) is 31.0 Å². The van der Waals surface area contributed by atoms with Crippen LogP contribution in [-0.4, -0.2) is 28.2 Å². The van der Waals surface area contributed by atoms with Crippen molar-refractivity contribution in [2.45, 2.75) is 39.3 Å². The molecule has 1 aromatic carbocycles. The van der Waals surface area contributed by atoms with E-state index in [1.165, 1.54) is 0 Å². The number of carbonyl (C=O) groups is 2. The summed E-state index contributed by atoms with van der Waals surface area (Å²) in [5, 5.41) is 16.6. The molecule has 4 rings (SSSR count). The Hall–Kier alpha value is -4.27. The van der Waals surface area contributed by atoms with Crippen LogP contribution in [0.15, 0.2) is 73.1 Å². The summed E-state index contributed by atoms with van der Waals surface area (Å²) in [6.07, 6.45) is 13.1. The lowest BCUT2D eigenvalue weighted by molar-refractivity contribution is -0.118. The number of urea groups is 1. The zero-order valence-corrected chi connectivity index (χ0v) is 20.6. The second-order valence-electron chi connectivity index (χ2n) is 7.55. The van der Waals surface area contributed by atoms with Crippen LogP contribution < -0.4 is 26.5 Å². The van der Waals surface area contributed by atoms with Gasteiger partial charge in [-0.2, -0.15) is 5.10 Å². The van der Waals surface area contributed by atoms with Crippen molar-refractivity contribution in [1.29, 1.82) is 0 Å². The third kappa shape index (κ3) is 7.36. The number of amides is 3. The minimum atomic E-state index is -0.976. The number of allylic oxidation sites excluding steroid dienone is 5. The molecule has 1 aliphatic carbocycles. The molecular formula is C27H31F2N5O2. The summed E-state index contributed by atoms with van der Waals surface area (Å²) in [5.74, 6) is -2.02. The lowest BCUT2D eigenvalue weighted by Crippen LogP contribution is -2.48. The van der Waals surface area contributed by atoms with Crippen molar-refractivity contribution in [3.63, 3.8) is 0 Å². The number of halogens is 2. The summed E-state index contributed by atoms with van der Waals surface area (Å²) in [4.78, 5) is 24.9. The standard InChI is InChI=1S/C19H17F2N5O2.C6H8.C2H6/c1-9-16(18(27)24-14-2-3-15-11(6-14)8-22-26-15)17(25-19(28)23-9)10-4-12(20)7-13(21)5-10;1-3-5-6-4-2;1-2/h3-8,14,17,26H,2H2,1H3,(H,24,27)(H2,23,25,28);3-6H,1-2H2;1-2H3/b;6-5-;. The highest BCUT2D eigenvalue weighted by Crippen LogP contribution is 2.28. The molecule has 2 unspecified atom stereocenters. The van der Waals surface area contributed by atoms with Gasteiger partial charge < -0.3 is 16.0 Å². The van der Waals surface area contributed by atoms with Gasteiger partial charge in [-0.25, -0.2) is 13.6 Å². The van der Waals surface area contributed by atoms with Gasteiger partial charge in [0.2, 0.25) is 0 Å². The number of nitrogens with zero attached hydrogens (tertiary/aromatic N) is 1. The molecule has 0 fully saturated rings. The number of fused-ring (bicyclic) bond motifs is 1. The Bertz CT molecular complexity index is 1260. The first-order chi connectivity index (χ1) is 17.3. The number of H-pyrrole nitrogens is 1. The number of rotatable bonds is 5. The van der Waals surface area contributed by atoms with Gasteiger partial charge >= 0.3 is 6.03 Å². The van der Waals surface area contributed by atoms with Gasteiger partial charge in [-0.3, -0.25) is 9.89 Å². The average molecular weight is 496 g/mol. The zero-order chi connectivity index (χ0) is 26.7. The molecule has 9 heteroatoms. The van der Waals surface area contributed by atoms with Crippen molar-refractivity contribution < 1.29 is 18.4 Å². The Kier molecular flexibility index (Phi) is 10.5. The van der Waals surface area contributed by atoms with Crippen LogP contribution in [0.2, 0.25) is 0 Å². The lowest BCUT2D eigenvalue weighted by Gasteiger charge is -2.29. The minimum absolute atomic E-state index is 0.146. The number of carbonyl (C=O) groups excluding carboxylic acids is 2. The number of hydrogen-bond donors (Lipinski definition) is 4. The summed E-state index contributed by atoms with van der Waals surface area (Å²) < 4.78 is 27.4. The fourth-order valence-electron chi connectivity index (χ4n) is 3.62. The van der Waals surface area contributed by atoms with Crippen LogP contribution in [0, 0.1) is 11.6 Å². The van der Waals surface area contributed by atoms with Crippen molar-refractivity contribution in [3.05, 3.63) is 101 Å². The fourth-order valence-corrected chi connectivity index (χ4v) is 3.62. The largest absolute Gasteiger partial charge is 0.346 e. The van der Waals surface area contributed by atoms with E-state index in [-0.39, 0.29) is 17.2 Å². The van der Waals surface area contributed by atoms with Gasteiger partial charge in [0.15, 0.2) is 0 Å². The van der Waals surface area contributed by atoms with Gasteiger partial charge in [-0.15, -0.1) is 0 Å². The zero-order valence-electron chi connectivity index (χ0n) is 20.6. The van der Waals surface area contributed by atoms with Crippen LogP contribution in [0.4, 0.5) is 13.6 Å². The monoisotopic (exact) mass is 495 g/mol. The second-order valence-corrected chi connectivity index (χ2v) is 7.55. The van der Waals surface area contributed by atoms with E-state index in [0.29, 0.717) is 12.1 Å². The minimum Gasteiger partial charge on any atom is -0.346 e. The summed E-state index contributed by atoms with van der Waals surface area (Å²) in [6.45, 7) is 12.5. The van der Waals surface area contributed by atoms with Crippen LogP contribution in [0.25, 0.3) is 12.2 Å². The number of nitrogens with one attached hydrogen (secondary N) is 4. The summed E-state index contributed by atoms with van der Waals surface area (Å²) >= 11 is 0. The molecule has 2 aromatic rings. The molecule has 2 heterocycles. The maximum atomic E-state index is 13.7. The second kappa shape index (κ2) is 13.6. The molecular weight excluding hydrogens is 464 g/mol. The molecule has 4 N–H and O–H groups in total. The predicted molar refractivity (Wildman–Crippen MR) is 138 cm³/mol. The fraction of sp³-hybridized carbons (Fsp3) is 0.222. The van der Waals surface area contributed by atoms with E-state index >= 15 is 0 Å². The first kappa shape index (κ1) is 28.0. The molecule has 7 nitrogen and oxygen atoms in total. The predicted octanol–water partition coefficient (Wildman–Crippen LogP) is 3.41. The van der Waals surface area contributed by atoms with Crippen LogP contribution >= 0.6 is 0 Å². The molecule has 0 bridgehead atoms. The molecule has 0 spiro atoms. The third-order valence-electron chi connectivity index (χ3n) is 5.09. The van der Waals surface area contributed by atoms with E-state index in [2.05, 4.69) is 39.3 Å². The van der Waals surface area contributed by atoms with Gasteiger partial charge in [0.1, 0.15) is 11.6 Å². The van der Waals surface area contributed by atoms with Gasteiger partial charge in [0.25, 0.3) is 5.91 Å². The van der Waals surface area contributed by atoms with Crippen molar-refractivity contribution in [2.75, 3.05) is 0 Å². The molecule has 36 heavy (non-hydrogen) atoms. The van der Waals surface area contributed by atoms with Gasteiger partial charge in [0, 0.05) is 17.0 Å². The number of hydrogen-bond acceptors (Lipinski definition) is 3. The molecule has 2 aliphatic rings. The summed E-state index contributed by atoms with van der Waals surface area (Å²) in [6, 6.07) is 1.12. The molecule has 0 saturated carbocycles. The Balaban J connectivity index is 0.000000502. The van der Waals surface area contributed by atoms with E-state index in [0.717, 1.165) is 28.8 Å². The summed E-state index contributed by atoms with van der Waals surface area (Å²) in [5.41, 5.74) is 0.656. The van der Waals surface area contributed by atoms with Gasteiger partial charge in [-0.1, -0.05) is 63.5 Å². The normalized spacial score (nSPS) is 18.0. The van der Waals surface area contributed by atoms with Crippen LogP contribution in [0.3, 0.4) is 0 Å². The number of aromatic nitrogens is 2. The highest BCUT2D eigenvalue weighted by atomic mass is 19.1.